The second kappa shape index (κ2) is 4.14. The number of hydrogen-bond acceptors (Lipinski definition) is 1. The van der Waals surface area contributed by atoms with Crippen molar-refractivity contribution in [2.24, 2.45) is 0 Å². The fraction of sp³-hybridized carbons (Fsp3) is 0. The molecule has 0 spiro atoms. The minimum atomic E-state index is 0. The quantitative estimate of drug-likeness (QED) is 0.670. The Hall–Kier alpha value is -0.732. The molecular weight excluding hydrogens is 294 g/mol. The van der Waals surface area contributed by atoms with Crippen molar-refractivity contribution in [3.8, 4) is 6.07 Å². The summed E-state index contributed by atoms with van der Waals surface area (Å²) in [5.41, 5.74) is 1.62. The molecular formula is C8H6NW+. The average molecular weight is 300 g/mol. The minimum Gasteiger partial charge on any atom is -0.199 e. The van der Waals surface area contributed by atoms with Crippen LogP contribution in [-0.2, 0) is 21.1 Å². The Morgan fingerprint density at radius 1 is 1.20 bits per heavy atom. The number of nitrogens with zero attached hydrogens (tertiary/aromatic N) is 1. The number of nitriles is 1. The molecule has 0 saturated heterocycles. The molecule has 0 aliphatic rings. The molecule has 0 amide bonds. The van der Waals surface area contributed by atoms with E-state index in [4.69, 9.17) is 5.26 Å². The molecule has 48 valence electrons. The summed E-state index contributed by atoms with van der Waals surface area (Å²) in [6.07, 6.45) is 0. The maximum Gasteiger partial charge on any atom is 2.00 e. The molecule has 0 heterocycles. The number of hydrogen-bond donors (Lipinski definition) is 0. The summed E-state index contributed by atoms with van der Waals surface area (Å²) in [5, 5.41) is 8.36. The van der Waals surface area contributed by atoms with Crippen molar-refractivity contribution in [2.75, 3.05) is 0 Å². The van der Waals surface area contributed by atoms with Gasteiger partial charge >= 0.3 is 21.1 Å². The summed E-state index contributed by atoms with van der Waals surface area (Å²) in [5.74, 6) is 0. The van der Waals surface area contributed by atoms with Crippen LogP contribution in [0.1, 0.15) is 11.1 Å². The van der Waals surface area contributed by atoms with Gasteiger partial charge in [-0.15, -0.1) is 12.1 Å². The van der Waals surface area contributed by atoms with E-state index in [2.05, 4.69) is 6.92 Å². The van der Waals surface area contributed by atoms with E-state index in [0.717, 1.165) is 5.56 Å². The van der Waals surface area contributed by atoms with Gasteiger partial charge in [-0.1, -0.05) is 0 Å². The summed E-state index contributed by atoms with van der Waals surface area (Å²) in [4.78, 5) is 0. The van der Waals surface area contributed by atoms with Crippen molar-refractivity contribution in [3.05, 3.63) is 42.3 Å². The van der Waals surface area contributed by atoms with E-state index in [-0.39, 0.29) is 21.1 Å². The fourth-order valence-corrected chi connectivity index (χ4v) is 0.579. The van der Waals surface area contributed by atoms with Gasteiger partial charge in [-0.3, -0.25) is 0 Å². The molecule has 0 aliphatic heterocycles. The predicted octanol–water partition coefficient (Wildman–Crippen LogP) is 1.74. The number of benzene rings is 1. The van der Waals surface area contributed by atoms with E-state index >= 15 is 0 Å². The van der Waals surface area contributed by atoms with E-state index in [0.29, 0.717) is 5.56 Å². The van der Waals surface area contributed by atoms with Crippen molar-refractivity contribution in [1.29, 1.82) is 5.26 Å². The molecule has 1 rings (SSSR count). The van der Waals surface area contributed by atoms with Gasteiger partial charge in [0.15, 0.2) is 0 Å². The standard InChI is InChI=1S/C8H6N.W/c1-7-2-4-8(6-9)5-3-7;/h2-5H,1H2;/q-1;+2. The zero-order valence-corrected chi connectivity index (χ0v) is 8.31. The van der Waals surface area contributed by atoms with Gasteiger partial charge in [-0.05, 0) is 0 Å². The molecule has 0 atom stereocenters. The van der Waals surface area contributed by atoms with Gasteiger partial charge in [-0.25, -0.2) is 0 Å². The van der Waals surface area contributed by atoms with E-state index < -0.39 is 0 Å². The first kappa shape index (κ1) is 9.27. The molecule has 2 heteroatoms. The third-order valence-electron chi connectivity index (χ3n) is 1.08. The van der Waals surface area contributed by atoms with Crippen LogP contribution in [0.5, 0.6) is 0 Å². The predicted molar refractivity (Wildman–Crippen MR) is 35.6 cm³/mol. The van der Waals surface area contributed by atoms with Gasteiger partial charge in [0.1, 0.15) is 0 Å². The maximum atomic E-state index is 8.36. The molecule has 0 aliphatic carbocycles. The Morgan fingerprint density at radius 3 is 2.10 bits per heavy atom. The van der Waals surface area contributed by atoms with Crippen LogP contribution in [0.4, 0.5) is 0 Å². The van der Waals surface area contributed by atoms with E-state index in [1.54, 1.807) is 12.1 Å². The van der Waals surface area contributed by atoms with Crippen LogP contribution in [0.2, 0.25) is 0 Å². The van der Waals surface area contributed by atoms with Crippen LogP contribution in [-0.4, -0.2) is 0 Å². The van der Waals surface area contributed by atoms with Gasteiger partial charge in [-0.2, -0.15) is 29.9 Å². The zero-order chi connectivity index (χ0) is 6.69. The second-order valence-corrected chi connectivity index (χ2v) is 1.81. The Kier molecular flexibility index (Phi) is 3.84. The SMILES string of the molecule is [CH2-]c1ccc(C#N)cc1.[W+2]. The van der Waals surface area contributed by atoms with Gasteiger partial charge in [0.25, 0.3) is 0 Å². The Balaban J connectivity index is 0.000000810. The summed E-state index contributed by atoms with van der Waals surface area (Å²) in [7, 11) is 0. The van der Waals surface area contributed by atoms with Gasteiger partial charge in [0, 0.05) is 5.56 Å². The molecule has 0 aromatic heterocycles. The zero-order valence-electron chi connectivity index (χ0n) is 5.37. The smallest absolute Gasteiger partial charge is 0.199 e. The minimum absolute atomic E-state index is 0. The molecule has 1 aromatic carbocycles. The van der Waals surface area contributed by atoms with Gasteiger partial charge in [0.2, 0.25) is 0 Å². The molecule has 0 bridgehead atoms. The topological polar surface area (TPSA) is 23.8 Å². The third kappa shape index (κ3) is 2.25. The van der Waals surface area contributed by atoms with Crippen molar-refractivity contribution in [1.82, 2.24) is 0 Å². The molecule has 1 nitrogen and oxygen atoms in total. The van der Waals surface area contributed by atoms with Crippen LogP contribution in [0, 0.1) is 18.3 Å². The van der Waals surface area contributed by atoms with E-state index in [1.807, 2.05) is 18.2 Å². The van der Waals surface area contributed by atoms with Gasteiger partial charge in [0.05, 0.1) is 6.07 Å². The van der Waals surface area contributed by atoms with Crippen LogP contribution >= 0.6 is 0 Å². The van der Waals surface area contributed by atoms with Gasteiger partial charge < -0.3 is 0 Å². The molecule has 10 heavy (non-hydrogen) atoms. The van der Waals surface area contributed by atoms with Crippen molar-refractivity contribution < 1.29 is 21.1 Å². The first-order chi connectivity index (χ1) is 4.33. The first-order valence-corrected chi connectivity index (χ1v) is 2.65. The molecule has 0 N–H and O–H groups in total. The van der Waals surface area contributed by atoms with Crippen LogP contribution in [0.15, 0.2) is 24.3 Å². The van der Waals surface area contributed by atoms with Crippen molar-refractivity contribution in [2.45, 2.75) is 0 Å². The summed E-state index contributed by atoms with van der Waals surface area (Å²) >= 11 is 0. The fourth-order valence-electron chi connectivity index (χ4n) is 0.579. The Bertz CT molecular complexity index is 232. The number of rotatable bonds is 0. The Morgan fingerprint density at radius 2 is 1.70 bits per heavy atom. The third-order valence-corrected chi connectivity index (χ3v) is 1.08. The summed E-state index contributed by atoms with van der Waals surface area (Å²) in [6.45, 7) is 3.69. The molecule has 0 saturated carbocycles. The van der Waals surface area contributed by atoms with Crippen molar-refractivity contribution >= 4 is 0 Å². The normalized spacial score (nSPS) is 7.50. The van der Waals surface area contributed by atoms with Crippen LogP contribution in [0.25, 0.3) is 0 Å². The van der Waals surface area contributed by atoms with Crippen LogP contribution < -0.4 is 0 Å². The van der Waals surface area contributed by atoms with Crippen LogP contribution in [0.3, 0.4) is 0 Å². The monoisotopic (exact) mass is 300 g/mol. The summed E-state index contributed by atoms with van der Waals surface area (Å²) in [6, 6.07) is 9.17. The molecule has 1 aromatic rings. The maximum absolute atomic E-state index is 8.36. The summed E-state index contributed by atoms with van der Waals surface area (Å²) < 4.78 is 0. The molecule has 0 radical (unpaired) electrons. The Labute approximate surface area is 74.9 Å². The molecule has 0 fully saturated rings. The average Bonchev–Trinajstić information content (AvgIpc) is 1.90. The first-order valence-electron chi connectivity index (χ1n) is 2.65. The van der Waals surface area contributed by atoms with Crippen molar-refractivity contribution in [3.63, 3.8) is 0 Å². The largest absolute Gasteiger partial charge is 2.00 e. The molecule has 0 unspecified atom stereocenters. The van der Waals surface area contributed by atoms with E-state index in [9.17, 15) is 0 Å². The second-order valence-electron chi connectivity index (χ2n) is 1.81. The van der Waals surface area contributed by atoms with E-state index in [1.165, 1.54) is 0 Å².